The predicted molar refractivity (Wildman–Crippen MR) is 88.6 cm³/mol. The highest BCUT2D eigenvalue weighted by molar-refractivity contribution is 5.85. The van der Waals surface area contributed by atoms with E-state index in [2.05, 4.69) is 25.6 Å². The van der Waals surface area contributed by atoms with E-state index in [0.717, 1.165) is 24.0 Å². The highest BCUT2D eigenvalue weighted by Crippen LogP contribution is 2.30. The van der Waals surface area contributed by atoms with Crippen LogP contribution in [-0.2, 0) is 0 Å². The Morgan fingerprint density at radius 1 is 1.21 bits per heavy atom. The molecule has 1 aliphatic carbocycles. The molecule has 1 aliphatic rings. The van der Waals surface area contributed by atoms with Crippen LogP contribution in [0.15, 0.2) is 44.2 Å². The quantitative estimate of drug-likeness (QED) is 0.529. The lowest BCUT2D eigenvalue weighted by atomic mass is 10.3. The van der Waals surface area contributed by atoms with E-state index >= 15 is 0 Å². The fourth-order valence-corrected chi connectivity index (χ4v) is 2.60. The first-order valence-corrected chi connectivity index (χ1v) is 7.66. The fraction of sp³-hybridized carbons (Fsp3) is 0.188. The van der Waals surface area contributed by atoms with Gasteiger partial charge in [0.2, 0.25) is 5.95 Å². The molecular formula is C16H13N5O3. The number of rotatable bonds is 4. The number of hydrogen-bond donors (Lipinski definition) is 3. The molecule has 24 heavy (non-hydrogen) atoms. The van der Waals surface area contributed by atoms with Gasteiger partial charge in [0.1, 0.15) is 5.52 Å². The van der Waals surface area contributed by atoms with Crippen LogP contribution in [0.25, 0.3) is 22.2 Å². The van der Waals surface area contributed by atoms with Gasteiger partial charge in [-0.1, -0.05) is 0 Å². The summed E-state index contributed by atoms with van der Waals surface area (Å²) in [6, 6.07) is 7.55. The maximum absolute atomic E-state index is 11.2. The lowest BCUT2D eigenvalue weighted by Gasteiger charge is -2.08. The number of furan rings is 1. The van der Waals surface area contributed by atoms with Crippen molar-refractivity contribution in [2.45, 2.75) is 18.9 Å². The molecule has 120 valence electrons. The molecule has 0 bridgehead atoms. The van der Waals surface area contributed by atoms with E-state index < -0.39 is 5.76 Å². The van der Waals surface area contributed by atoms with Crippen LogP contribution in [0.3, 0.4) is 0 Å². The minimum absolute atomic E-state index is 0.452. The van der Waals surface area contributed by atoms with E-state index in [1.54, 1.807) is 30.5 Å². The van der Waals surface area contributed by atoms with Crippen LogP contribution in [0.2, 0.25) is 0 Å². The van der Waals surface area contributed by atoms with E-state index in [0.29, 0.717) is 34.5 Å². The second-order valence-electron chi connectivity index (χ2n) is 5.80. The summed E-state index contributed by atoms with van der Waals surface area (Å²) >= 11 is 0. The van der Waals surface area contributed by atoms with Crippen molar-refractivity contribution < 1.29 is 8.83 Å². The highest BCUT2D eigenvalue weighted by atomic mass is 16.4. The predicted octanol–water partition coefficient (Wildman–Crippen LogP) is 2.98. The second-order valence-corrected chi connectivity index (χ2v) is 5.80. The minimum Gasteiger partial charge on any atom is -0.459 e. The van der Waals surface area contributed by atoms with Crippen LogP contribution >= 0.6 is 0 Å². The Morgan fingerprint density at radius 3 is 3.00 bits per heavy atom. The first-order chi connectivity index (χ1) is 11.7. The van der Waals surface area contributed by atoms with Crippen molar-refractivity contribution >= 4 is 39.7 Å². The minimum atomic E-state index is -0.478. The van der Waals surface area contributed by atoms with Crippen LogP contribution in [0.4, 0.5) is 17.5 Å². The number of nitrogens with one attached hydrogen (secondary N) is 3. The number of nitrogens with zero attached hydrogens (tertiary/aromatic N) is 2. The monoisotopic (exact) mass is 323 g/mol. The number of oxazole rings is 1. The fourth-order valence-electron chi connectivity index (χ4n) is 2.60. The molecule has 0 atom stereocenters. The first kappa shape index (κ1) is 13.2. The molecule has 0 saturated heterocycles. The van der Waals surface area contributed by atoms with Crippen LogP contribution < -0.4 is 16.4 Å². The van der Waals surface area contributed by atoms with Gasteiger partial charge in [-0.2, -0.15) is 4.98 Å². The van der Waals surface area contributed by atoms with Crippen molar-refractivity contribution in [2.75, 3.05) is 10.6 Å². The smallest absolute Gasteiger partial charge is 0.417 e. The molecule has 3 N–H and O–H groups in total. The molecular weight excluding hydrogens is 310 g/mol. The highest BCUT2D eigenvalue weighted by Gasteiger charge is 2.23. The zero-order chi connectivity index (χ0) is 16.1. The van der Waals surface area contributed by atoms with Gasteiger partial charge >= 0.3 is 5.76 Å². The van der Waals surface area contributed by atoms with Gasteiger partial charge in [0.05, 0.1) is 11.8 Å². The molecule has 1 aromatic carbocycles. The van der Waals surface area contributed by atoms with Crippen LogP contribution in [0.1, 0.15) is 12.8 Å². The van der Waals surface area contributed by atoms with E-state index in [1.807, 2.05) is 0 Å². The number of H-pyrrole nitrogens is 1. The summed E-state index contributed by atoms with van der Waals surface area (Å²) in [5.74, 6) is 0.666. The van der Waals surface area contributed by atoms with Crippen molar-refractivity contribution in [2.24, 2.45) is 0 Å². The molecule has 0 spiro atoms. The Kier molecular flexibility index (Phi) is 2.66. The van der Waals surface area contributed by atoms with Crippen molar-refractivity contribution in [1.82, 2.24) is 15.0 Å². The van der Waals surface area contributed by atoms with Gasteiger partial charge in [0.15, 0.2) is 17.0 Å². The summed E-state index contributed by atoms with van der Waals surface area (Å²) < 4.78 is 10.5. The van der Waals surface area contributed by atoms with Crippen LogP contribution in [0, 0.1) is 0 Å². The van der Waals surface area contributed by atoms with Gasteiger partial charge in [0, 0.05) is 17.8 Å². The number of fused-ring (bicyclic) bond motifs is 2. The summed E-state index contributed by atoms with van der Waals surface area (Å²) in [6.07, 6.45) is 3.88. The molecule has 1 fully saturated rings. The number of aromatic nitrogens is 3. The molecule has 0 unspecified atom stereocenters. The number of hydrogen-bond acceptors (Lipinski definition) is 7. The zero-order valence-electron chi connectivity index (χ0n) is 12.5. The van der Waals surface area contributed by atoms with Gasteiger partial charge < -0.3 is 19.5 Å². The molecule has 8 heteroatoms. The number of aromatic amines is 1. The summed E-state index contributed by atoms with van der Waals surface area (Å²) in [5.41, 5.74) is 3.26. The molecule has 3 heterocycles. The Bertz CT molecular complexity index is 1110. The Hall–Kier alpha value is -3.29. The lowest BCUT2D eigenvalue weighted by molar-refractivity contribution is 0.555. The molecule has 8 nitrogen and oxygen atoms in total. The van der Waals surface area contributed by atoms with Crippen molar-refractivity contribution in [3.05, 3.63) is 41.1 Å². The van der Waals surface area contributed by atoms with Crippen molar-refractivity contribution in [3.8, 4) is 0 Å². The third-order valence-corrected chi connectivity index (χ3v) is 3.90. The standard InChI is InChI=1S/C16H13N5O3/c22-16-20-11-7-9(3-4-12(11)24-16)18-15-19-10-5-6-23-13(10)14(21-15)17-8-1-2-8/h3-8H,1-2H2,(H,20,22)(H2,17,18,19,21). The van der Waals surface area contributed by atoms with Crippen LogP contribution in [0.5, 0.6) is 0 Å². The van der Waals surface area contributed by atoms with Crippen molar-refractivity contribution in [3.63, 3.8) is 0 Å². The van der Waals surface area contributed by atoms with E-state index in [-0.39, 0.29) is 0 Å². The van der Waals surface area contributed by atoms with Gasteiger partial charge in [-0.25, -0.2) is 9.78 Å². The molecule has 4 aromatic rings. The molecule has 0 aliphatic heterocycles. The Labute approximate surface area is 134 Å². The van der Waals surface area contributed by atoms with E-state index in [1.165, 1.54) is 0 Å². The number of benzene rings is 1. The first-order valence-electron chi connectivity index (χ1n) is 7.66. The second kappa shape index (κ2) is 4.85. The van der Waals surface area contributed by atoms with E-state index in [9.17, 15) is 4.79 Å². The third-order valence-electron chi connectivity index (χ3n) is 3.90. The maximum atomic E-state index is 11.2. The average molecular weight is 323 g/mol. The normalized spacial score (nSPS) is 14.3. The molecule has 0 amide bonds. The summed E-state index contributed by atoms with van der Waals surface area (Å²) in [4.78, 5) is 22.8. The molecule has 3 aromatic heterocycles. The van der Waals surface area contributed by atoms with Gasteiger partial charge in [-0.15, -0.1) is 0 Å². The summed E-state index contributed by atoms with van der Waals surface area (Å²) in [7, 11) is 0. The molecule has 5 rings (SSSR count). The zero-order valence-corrected chi connectivity index (χ0v) is 12.5. The largest absolute Gasteiger partial charge is 0.459 e. The Balaban J connectivity index is 1.53. The van der Waals surface area contributed by atoms with Gasteiger partial charge in [-0.05, 0) is 31.0 Å². The average Bonchev–Trinajstić information content (AvgIpc) is 3.10. The van der Waals surface area contributed by atoms with Gasteiger partial charge in [0.25, 0.3) is 0 Å². The SMILES string of the molecule is O=c1[nH]c2cc(Nc3nc(NC4CC4)c4occc4n3)ccc2o1. The van der Waals surface area contributed by atoms with Gasteiger partial charge in [-0.3, -0.25) is 4.98 Å². The summed E-state index contributed by atoms with van der Waals surface area (Å²) in [6.45, 7) is 0. The third kappa shape index (κ3) is 2.28. The molecule has 1 saturated carbocycles. The topological polar surface area (TPSA) is 109 Å². The lowest BCUT2D eigenvalue weighted by Crippen LogP contribution is -2.06. The van der Waals surface area contributed by atoms with Crippen molar-refractivity contribution in [1.29, 1.82) is 0 Å². The molecule has 0 radical (unpaired) electrons. The number of anilines is 3. The Morgan fingerprint density at radius 2 is 2.12 bits per heavy atom. The summed E-state index contributed by atoms with van der Waals surface area (Å²) in [5, 5.41) is 6.51. The maximum Gasteiger partial charge on any atom is 0.417 e. The van der Waals surface area contributed by atoms with Crippen LogP contribution in [-0.4, -0.2) is 21.0 Å². The van der Waals surface area contributed by atoms with E-state index in [4.69, 9.17) is 8.83 Å².